The molecule has 0 amide bonds. The maximum Gasteiger partial charge on any atom is 0.168 e. The molecule has 0 aliphatic carbocycles. The zero-order valence-electron chi connectivity index (χ0n) is 11.8. The molecular formula is C16H19ClO3. The summed E-state index contributed by atoms with van der Waals surface area (Å²) in [5.74, 6) is 2.94. The van der Waals surface area contributed by atoms with E-state index in [9.17, 15) is 0 Å². The van der Waals surface area contributed by atoms with Crippen LogP contribution >= 0.6 is 11.6 Å². The first-order valence-corrected chi connectivity index (χ1v) is 7.26. The highest BCUT2D eigenvalue weighted by Gasteiger charge is 2.10. The van der Waals surface area contributed by atoms with Gasteiger partial charge in [-0.05, 0) is 43.0 Å². The van der Waals surface area contributed by atoms with Crippen molar-refractivity contribution in [3.05, 3.63) is 30.3 Å². The van der Waals surface area contributed by atoms with Crippen LogP contribution in [0.4, 0.5) is 0 Å². The van der Waals surface area contributed by atoms with Gasteiger partial charge in [-0.3, -0.25) is 0 Å². The Morgan fingerprint density at radius 1 is 1.10 bits per heavy atom. The van der Waals surface area contributed by atoms with E-state index < -0.39 is 0 Å². The molecule has 20 heavy (non-hydrogen) atoms. The minimum Gasteiger partial charge on any atom is -0.494 e. The third-order valence-corrected chi connectivity index (χ3v) is 3.22. The molecule has 2 aromatic rings. The van der Waals surface area contributed by atoms with E-state index in [1.54, 1.807) is 7.11 Å². The second kappa shape index (κ2) is 7.25. The van der Waals surface area contributed by atoms with Crippen LogP contribution in [-0.4, -0.2) is 26.2 Å². The van der Waals surface area contributed by atoms with Crippen LogP contribution in [0.3, 0.4) is 0 Å². The van der Waals surface area contributed by atoms with Crippen LogP contribution in [0.1, 0.15) is 13.3 Å². The molecule has 0 aliphatic rings. The predicted octanol–water partition coefficient (Wildman–Crippen LogP) is 4.25. The van der Waals surface area contributed by atoms with E-state index in [0.717, 1.165) is 34.4 Å². The van der Waals surface area contributed by atoms with Crippen LogP contribution in [0.5, 0.6) is 17.2 Å². The molecule has 4 heteroatoms. The second-order valence-corrected chi connectivity index (χ2v) is 4.68. The van der Waals surface area contributed by atoms with Gasteiger partial charge in [-0.25, -0.2) is 0 Å². The van der Waals surface area contributed by atoms with Crippen LogP contribution in [0, 0.1) is 0 Å². The average Bonchev–Trinajstić information content (AvgIpc) is 2.47. The second-order valence-electron chi connectivity index (χ2n) is 4.30. The van der Waals surface area contributed by atoms with Crippen molar-refractivity contribution in [2.24, 2.45) is 0 Å². The van der Waals surface area contributed by atoms with Gasteiger partial charge in [0, 0.05) is 11.3 Å². The normalized spacial score (nSPS) is 10.6. The number of hydrogen-bond acceptors (Lipinski definition) is 3. The lowest BCUT2D eigenvalue weighted by molar-refractivity contribution is 0.296. The fourth-order valence-corrected chi connectivity index (χ4v) is 2.19. The Labute approximate surface area is 124 Å². The zero-order chi connectivity index (χ0) is 14.4. The van der Waals surface area contributed by atoms with Gasteiger partial charge in [0.1, 0.15) is 5.75 Å². The summed E-state index contributed by atoms with van der Waals surface area (Å²) >= 11 is 5.66. The fraction of sp³-hybridized carbons (Fsp3) is 0.375. The molecule has 0 radical (unpaired) electrons. The summed E-state index contributed by atoms with van der Waals surface area (Å²) in [6.45, 7) is 3.21. The molecule has 0 spiro atoms. The number of fused-ring (bicyclic) bond motifs is 1. The van der Waals surface area contributed by atoms with Crippen molar-refractivity contribution >= 4 is 22.4 Å². The molecule has 0 heterocycles. The van der Waals surface area contributed by atoms with Gasteiger partial charge in [0.25, 0.3) is 0 Å². The summed E-state index contributed by atoms with van der Waals surface area (Å²) in [7, 11) is 1.65. The minimum absolute atomic E-state index is 0.586. The summed E-state index contributed by atoms with van der Waals surface area (Å²) in [6, 6.07) is 9.87. The monoisotopic (exact) mass is 294 g/mol. The van der Waals surface area contributed by atoms with Crippen LogP contribution < -0.4 is 14.2 Å². The molecular weight excluding hydrogens is 276 g/mol. The van der Waals surface area contributed by atoms with Gasteiger partial charge < -0.3 is 14.2 Å². The van der Waals surface area contributed by atoms with E-state index >= 15 is 0 Å². The Balaban J connectivity index is 2.35. The molecule has 0 unspecified atom stereocenters. The van der Waals surface area contributed by atoms with Crippen molar-refractivity contribution in [2.75, 3.05) is 26.2 Å². The van der Waals surface area contributed by atoms with Gasteiger partial charge >= 0.3 is 0 Å². The largest absolute Gasteiger partial charge is 0.494 e. The topological polar surface area (TPSA) is 27.7 Å². The van der Waals surface area contributed by atoms with Crippen molar-refractivity contribution in [2.45, 2.75) is 13.3 Å². The third-order valence-electron chi connectivity index (χ3n) is 2.96. The summed E-state index contributed by atoms with van der Waals surface area (Å²) < 4.78 is 16.7. The number of methoxy groups -OCH3 is 1. The third kappa shape index (κ3) is 3.28. The first kappa shape index (κ1) is 14.8. The summed E-state index contributed by atoms with van der Waals surface area (Å²) in [5, 5.41) is 2.08. The van der Waals surface area contributed by atoms with E-state index in [-0.39, 0.29) is 0 Å². The molecule has 3 nitrogen and oxygen atoms in total. The predicted molar refractivity (Wildman–Crippen MR) is 82.5 cm³/mol. The number of ether oxygens (including phenoxy) is 3. The van der Waals surface area contributed by atoms with Crippen molar-refractivity contribution < 1.29 is 14.2 Å². The van der Waals surface area contributed by atoms with E-state index in [4.69, 9.17) is 25.8 Å². The smallest absolute Gasteiger partial charge is 0.168 e. The molecule has 0 saturated carbocycles. The fourth-order valence-electron chi connectivity index (χ4n) is 2.08. The minimum atomic E-state index is 0.586. The standard InChI is InChI=1S/C16H19ClO3/c1-3-19-13-6-7-14-12(11-13)5-8-15(16(14)18-2)20-10-4-9-17/h5-8,11H,3-4,9-10H2,1-2H3. The lowest BCUT2D eigenvalue weighted by Gasteiger charge is -2.13. The number of halogens is 1. The molecule has 108 valence electrons. The number of rotatable bonds is 7. The first-order chi connectivity index (χ1) is 9.80. The maximum atomic E-state index is 5.71. The maximum absolute atomic E-state index is 5.71. The van der Waals surface area contributed by atoms with E-state index in [1.165, 1.54) is 0 Å². The van der Waals surface area contributed by atoms with Gasteiger partial charge in [0.05, 0.1) is 20.3 Å². The van der Waals surface area contributed by atoms with E-state index in [0.29, 0.717) is 19.1 Å². The van der Waals surface area contributed by atoms with Gasteiger partial charge in [-0.1, -0.05) is 6.07 Å². The van der Waals surface area contributed by atoms with Crippen molar-refractivity contribution in [1.82, 2.24) is 0 Å². The summed E-state index contributed by atoms with van der Waals surface area (Å²) in [4.78, 5) is 0. The average molecular weight is 295 g/mol. The molecule has 0 N–H and O–H groups in total. The molecule has 0 atom stereocenters. The molecule has 0 saturated heterocycles. The van der Waals surface area contributed by atoms with Crippen molar-refractivity contribution in [3.63, 3.8) is 0 Å². The highest BCUT2D eigenvalue weighted by atomic mass is 35.5. The van der Waals surface area contributed by atoms with Gasteiger partial charge in [0.15, 0.2) is 11.5 Å². The van der Waals surface area contributed by atoms with Gasteiger partial charge in [-0.2, -0.15) is 0 Å². The number of alkyl halides is 1. The van der Waals surface area contributed by atoms with Gasteiger partial charge in [0.2, 0.25) is 0 Å². The molecule has 2 rings (SSSR count). The van der Waals surface area contributed by atoms with E-state index in [2.05, 4.69) is 0 Å². The van der Waals surface area contributed by atoms with Crippen LogP contribution in [-0.2, 0) is 0 Å². The summed E-state index contributed by atoms with van der Waals surface area (Å²) in [5.41, 5.74) is 0. The zero-order valence-corrected chi connectivity index (χ0v) is 12.6. The quantitative estimate of drug-likeness (QED) is 0.564. The molecule has 0 aliphatic heterocycles. The van der Waals surface area contributed by atoms with Crippen molar-refractivity contribution in [1.29, 1.82) is 0 Å². The molecule has 2 aromatic carbocycles. The molecule has 0 aromatic heterocycles. The Hall–Kier alpha value is -1.61. The Morgan fingerprint density at radius 3 is 2.65 bits per heavy atom. The Kier molecular flexibility index (Phi) is 5.36. The molecule has 0 fully saturated rings. The van der Waals surface area contributed by atoms with Gasteiger partial charge in [-0.15, -0.1) is 11.6 Å². The number of benzene rings is 2. The van der Waals surface area contributed by atoms with Crippen LogP contribution in [0.15, 0.2) is 30.3 Å². The lowest BCUT2D eigenvalue weighted by Crippen LogP contribution is -2.00. The lowest BCUT2D eigenvalue weighted by atomic mass is 10.1. The SMILES string of the molecule is CCOc1ccc2c(OC)c(OCCCCl)ccc2c1. The number of hydrogen-bond donors (Lipinski definition) is 0. The van der Waals surface area contributed by atoms with Crippen molar-refractivity contribution in [3.8, 4) is 17.2 Å². The summed E-state index contributed by atoms with van der Waals surface area (Å²) in [6.07, 6.45) is 0.812. The Bertz CT molecular complexity index is 569. The highest BCUT2D eigenvalue weighted by Crippen LogP contribution is 2.37. The first-order valence-electron chi connectivity index (χ1n) is 6.72. The Morgan fingerprint density at radius 2 is 1.95 bits per heavy atom. The van der Waals surface area contributed by atoms with Crippen LogP contribution in [0.25, 0.3) is 10.8 Å². The van der Waals surface area contributed by atoms with E-state index in [1.807, 2.05) is 37.3 Å². The molecule has 0 bridgehead atoms. The van der Waals surface area contributed by atoms with Crippen LogP contribution in [0.2, 0.25) is 0 Å². The highest BCUT2D eigenvalue weighted by molar-refractivity contribution is 6.17.